The summed E-state index contributed by atoms with van der Waals surface area (Å²) in [5, 5.41) is 3.55. The molecule has 0 bridgehead atoms. The number of rotatable bonds is 0. The van der Waals surface area contributed by atoms with Gasteiger partial charge in [-0.05, 0) is 38.1 Å². The molecule has 1 N–H and O–H groups in total. The lowest BCUT2D eigenvalue weighted by Crippen LogP contribution is -2.54. The van der Waals surface area contributed by atoms with Crippen molar-refractivity contribution in [1.29, 1.82) is 0 Å². The highest BCUT2D eigenvalue weighted by atomic mass is 15.1. The zero-order chi connectivity index (χ0) is 6.32. The topological polar surface area (TPSA) is 12.0 Å². The Balaban J connectivity index is 1.99. The maximum atomic E-state index is 3.55. The highest BCUT2D eigenvalue weighted by molar-refractivity contribution is 5.01. The highest BCUT2D eigenvalue weighted by Gasteiger charge is 2.41. The largest absolute Gasteiger partial charge is 0.311 e. The predicted octanol–water partition coefficient (Wildman–Crippen LogP) is 1.54. The van der Waals surface area contributed by atoms with E-state index in [-0.39, 0.29) is 0 Å². The van der Waals surface area contributed by atoms with E-state index in [9.17, 15) is 0 Å². The normalized spacial score (nSPS) is 49.7. The first kappa shape index (κ1) is 5.72. The lowest BCUT2D eigenvalue weighted by molar-refractivity contribution is 0.209. The summed E-state index contributed by atoms with van der Waals surface area (Å²) in [7, 11) is 0. The van der Waals surface area contributed by atoms with Gasteiger partial charge in [-0.2, -0.15) is 0 Å². The van der Waals surface area contributed by atoms with Crippen molar-refractivity contribution in [2.45, 2.75) is 38.1 Å². The summed E-state index contributed by atoms with van der Waals surface area (Å²) in [6.07, 6.45) is 5.77. The van der Waals surface area contributed by atoms with Crippen molar-refractivity contribution in [1.82, 2.24) is 5.32 Å². The molecule has 2 rings (SSSR count). The van der Waals surface area contributed by atoms with Gasteiger partial charge in [-0.3, -0.25) is 0 Å². The Hall–Kier alpha value is -0.0400. The Morgan fingerprint density at radius 3 is 2.44 bits per heavy atom. The molecule has 0 amide bonds. The van der Waals surface area contributed by atoms with E-state index in [2.05, 4.69) is 12.2 Å². The predicted molar refractivity (Wildman–Crippen MR) is 38.4 cm³/mol. The molecule has 2 fully saturated rings. The van der Waals surface area contributed by atoms with Gasteiger partial charge < -0.3 is 5.32 Å². The van der Waals surface area contributed by atoms with Crippen LogP contribution in [0.15, 0.2) is 0 Å². The zero-order valence-corrected chi connectivity index (χ0v) is 6.11. The molecule has 0 aromatic heterocycles. The van der Waals surface area contributed by atoms with Crippen molar-refractivity contribution >= 4 is 0 Å². The fourth-order valence-corrected chi connectivity index (χ4v) is 2.26. The average molecular weight is 125 g/mol. The summed E-state index contributed by atoms with van der Waals surface area (Å²) < 4.78 is 0. The zero-order valence-electron chi connectivity index (χ0n) is 6.11. The summed E-state index contributed by atoms with van der Waals surface area (Å²) >= 11 is 0. The van der Waals surface area contributed by atoms with Gasteiger partial charge in [0.15, 0.2) is 0 Å². The van der Waals surface area contributed by atoms with Crippen LogP contribution in [-0.2, 0) is 0 Å². The molecule has 1 heteroatoms. The molecule has 0 aromatic rings. The molecule has 1 aliphatic heterocycles. The van der Waals surface area contributed by atoms with Gasteiger partial charge >= 0.3 is 0 Å². The van der Waals surface area contributed by atoms with Crippen LogP contribution in [0.25, 0.3) is 0 Å². The molecule has 52 valence electrons. The van der Waals surface area contributed by atoms with E-state index < -0.39 is 0 Å². The van der Waals surface area contributed by atoms with E-state index >= 15 is 0 Å². The van der Waals surface area contributed by atoms with Crippen molar-refractivity contribution in [3.8, 4) is 0 Å². The molecular weight excluding hydrogens is 110 g/mol. The second kappa shape index (κ2) is 1.72. The Kier molecular flexibility index (Phi) is 1.10. The van der Waals surface area contributed by atoms with Gasteiger partial charge in [0.05, 0.1) is 0 Å². The van der Waals surface area contributed by atoms with Crippen LogP contribution >= 0.6 is 0 Å². The van der Waals surface area contributed by atoms with Crippen molar-refractivity contribution in [3.05, 3.63) is 0 Å². The van der Waals surface area contributed by atoms with Gasteiger partial charge in [-0.15, -0.1) is 0 Å². The van der Waals surface area contributed by atoms with Gasteiger partial charge in [0.25, 0.3) is 0 Å². The van der Waals surface area contributed by atoms with Crippen LogP contribution in [0.4, 0.5) is 0 Å². The minimum Gasteiger partial charge on any atom is -0.311 e. The number of hydrogen-bond acceptors (Lipinski definition) is 1. The third-order valence-electron chi connectivity index (χ3n) is 2.96. The van der Waals surface area contributed by atoms with Crippen LogP contribution in [-0.4, -0.2) is 12.1 Å². The van der Waals surface area contributed by atoms with Gasteiger partial charge in [0.2, 0.25) is 0 Å². The minimum absolute atomic E-state index is 0.638. The van der Waals surface area contributed by atoms with Gasteiger partial charge in [-0.1, -0.05) is 6.92 Å². The lowest BCUT2D eigenvalue weighted by Gasteiger charge is -2.40. The molecule has 9 heavy (non-hydrogen) atoms. The quantitative estimate of drug-likeness (QED) is 0.518. The monoisotopic (exact) mass is 125 g/mol. The van der Waals surface area contributed by atoms with Gasteiger partial charge in [0, 0.05) is 5.54 Å². The molecule has 0 aromatic carbocycles. The Bertz CT molecular complexity index is 116. The molecule has 1 aliphatic carbocycles. The molecule has 2 unspecified atom stereocenters. The molecule has 1 spiro atoms. The second-order valence-electron chi connectivity index (χ2n) is 3.81. The Morgan fingerprint density at radius 1 is 1.44 bits per heavy atom. The first-order chi connectivity index (χ1) is 4.31. The van der Waals surface area contributed by atoms with E-state index in [1.165, 1.54) is 32.2 Å². The summed E-state index contributed by atoms with van der Waals surface area (Å²) in [6.45, 7) is 3.64. The van der Waals surface area contributed by atoms with Crippen LogP contribution in [0.1, 0.15) is 32.6 Å². The van der Waals surface area contributed by atoms with E-state index in [1.807, 2.05) is 0 Å². The van der Waals surface area contributed by atoms with Crippen LogP contribution in [0, 0.1) is 5.92 Å². The van der Waals surface area contributed by atoms with E-state index in [1.54, 1.807) is 0 Å². The minimum atomic E-state index is 0.638. The fourth-order valence-electron chi connectivity index (χ4n) is 2.26. The third kappa shape index (κ3) is 0.787. The summed E-state index contributed by atoms with van der Waals surface area (Å²) in [5.74, 6) is 0.984. The smallest absolute Gasteiger partial charge is 0.0196 e. The standard InChI is InChI=1S/C8H15N/c1-7-2-3-8(6-7)4-5-9-8/h7,9H,2-6H2,1H3. The maximum Gasteiger partial charge on any atom is 0.0196 e. The highest BCUT2D eigenvalue weighted by Crippen LogP contribution is 2.40. The summed E-state index contributed by atoms with van der Waals surface area (Å²) in [4.78, 5) is 0. The van der Waals surface area contributed by atoms with Gasteiger partial charge in [0.1, 0.15) is 0 Å². The number of hydrogen-bond donors (Lipinski definition) is 1. The molecule has 2 atom stereocenters. The molecule has 0 radical (unpaired) electrons. The van der Waals surface area contributed by atoms with Crippen LogP contribution < -0.4 is 5.32 Å². The maximum absolute atomic E-state index is 3.55. The third-order valence-corrected chi connectivity index (χ3v) is 2.96. The second-order valence-corrected chi connectivity index (χ2v) is 3.81. The lowest BCUT2D eigenvalue weighted by atomic mass is 9.86. The fraction of sp³-hybridized carbons (Fsp3) is 1.00. The van der Waals surface area contributed by atoms with Crippen LogP contribution in [0.2, 0.25) is 0 Å². The van der Waals surface area contributed by atoms with Crippen molar-refractivity contribution in [3.63, 3.8) is 0 Å². The summed E-state index contributed by atoms with van der Waals surface area (Å²) in [5.41, 5.74) is 0.638. The molecule has 1 nitrogen and oxygen atoms in total. The molecule has 1 saturated heterocycles. The SMILES string of the molecule is CC1CCC2(CCN2)C1. The van der Waals surface area contributed by atoms with Crippen molar-refractivity contribution < 1.29 is 0 Å². The molecule has 1 saturated carbocycles. The van der Waals surface area contributed by atoms with E-state index in [0.717, 1.165) is 5.92 Å². The Labute approximate surface area is 56.8 Å². The van der Waals surface area contributed by atoms with Crippen molar-refractivity contribution in [2.75, 3.05) is 6.54 Å². The van der Waals surface area contributed by atoms with Crippen molar-refractivity contribution in [2.24, 2.45) is 5.92 Å². The van der Waals surface area contributed by atoms with E-state index in [4.69, 9.17) is 0 Å². The van der Waals surface area contributed by atoms with Crippen LogP contribution in [0.5, 0.6) is 0 Å². The first-order valence-electron chi connectivity index (χ1n) is 4.06. The number of nitrogens with one attached hydrogen (secondary N) is 1. The van der Waals surface area contributed by atoms with Gasteiger partial charge in [-0.25, -0.2) is 0 Å². The molecule has 1 heterocycles. The van der Waals surface area contributed by atoms with E-state index in [0.29, 0.717) is 5.54 Å². The molecule has 2 aliphatic rings. The molecular formula is C8H15N. The summed E-state index contributed by atoms with van der Waals surface area (Å²) in [6, 6.07) is 0. The Morgan fingerprint density at radius 2 is 2.22 bits per heavy atom. The average Bonchev–Trinajstić information content (AvgIpc) is 2.09. The van der Waals surface area contributed by atoms with Crippen LogP contribution in [0.3, 0.4) is 0 Å². The first-order valence-corrected chi connectivity index (χ1v) is 4.06.